The zero-order valence-corrected chi connectivity index (χ0v) is 17.7. The zero-order valence-electron chi connectivity index (χ0n) is 15.4. The Morgan fingerprint density at radius 2 is 1.70 bits per heavy atom. The first-order valence-corrected chi connectivity index (χ1v) is 9.28. The molecule has 1 aliphatic carbocycles. The minimum Gasteiger partial charge on any atom is -0.378 e. The fourth-order valence-corrected chi connectivity index (χ4v) is 2.79. The highest BCUT2D eigenvalue weighted by atomic mass is 127. The number of nitrogens with zero attached hydrogens (tertiary/aromatic N) is 1. The fraction of sp³-hybridized carbons (Fsp3) is 0.944. The molecule has 1 rings (SSSR count). The molecule has 0 aromatic heterocycles. The molecule has 0 aromatic rings. The van der Waals surface area contributed by atoms with Crippen molar-refractivity contribution in [1.29, 1.82) is 0 Å². The summed E-state index contributed by atoms with van der Waals surface area (Å²) in [5.74, 6) is 1.65. The molecule has 4 nitrogen and oxygen atoms in total. The molecule has 0 radical (unpaired) electrons. The van der Waals surface area contributed by atoms with E-state index in [2.05, 4.69) is 29.5 Å². The van der Waals surface area contributed by atoms with Gasteiger partial charge in [0, 0.05) is 26.7 Å². The van der Waals surface area contributed by atoms with Gasteiger partial charge in [-0.3, -0.25) is 4.99 Å². The summed E-state index contributed by atoms with van der Waals surface area (Å²) < 4.78 is 6.01. The molecule has 138 valence electrons. The highest BCUT2D eigenvalue weighted by Crippen LogP contribution is 2.19. The van der Waals surface area contributed by atoms with Crippen LogP contribution in [0.25, 0.3) is 0 Å². The van der Waals surface area contributed by atoms with Crippen molar-refractivity contribution in [3.05, 3.63) is 0 Å². The van der Waals surface area contributed by atoms with E-state index in [9.17, 15) is 0 Å². The Labute approximate surface area is 160 Å². The summed E-state index contributed by atoms with van der Waals surface area (Å²) in [7, 11) is 1.83. The normalized spacial score (nSPS) is 16.8. The highest BCUT2D eigenvalue weighted by Gasteiger charge is 2.11. The molecule has 0 saturated heterocycles. The van der Waals surface area contributed by atoms with Crippen LogP contribution in [-0.4, -0.2) is 38.8 Å². The number of rotatable bonds is 9. The lowest BCUT2D eigenvalue weighted by Gasteiger charge is -2.16. The Morgan fingerprint density at radius 3 is 2.30 bits per heavy atom. The van der Waals surface area contributed by atoms with Crippen molar-refractivity contribution in [3.63, 3.8) is 0 Å². The number of unbranched alkanes of at least 4 members (excludes halogenated alkanes) is 1. The van der Waals surface area contributed by atoms with E-state index >= 15 is 0 Å². The van der Waals surface area contributed by atoms with E-state index in [0.29, 0.717) is 6.10 Å². The molecular weight excluding hydrogens is 401 g/mol. The molecule has 0 spiro atoms. The van der Waals surface area contributed by atoms with Crippen LogP contribution in [0.2, 0.25) is 0 Å². The molecule has 0 amide bonds. The van der Waals surface area contributed by atoms with Crippen molar-refractivity contribution in [1.82, 2.24) is 10.6 Å². The van der Waals surface area contributed by atoms with Crippen LogP contribution in [0.3, 0.4) is 0 Å². The minimum absolute atomic E-state index is 0. The molecule has 23 heavy (non-hydrogen) atoms. The first-order chi connectivity index (χ1) is 10.7. The van der Waals surface area contributed by atoms with Crippen molar-refractivity contribution in [2.75, 3.05) is 26.7 Å². The fourth-order valence-electron chi connectivity index (χ4n) is 2.79. The minimum atomic E-state index is 0. The van der Waals surface area contributed by atoms with Crippen molar-refractivity contribution in [2.45, 2.75) is 77.7 Å². The lowest BCUT2D eigenvalue weighted by atomic mass is 10.1. The van der Waals surface area contributed by atoms with Crippen molar-refractivity contribution >= 4 is 29.9 Å². The number of hydrogen-bond donors (Lipinski definition) is 2. The Balaban J connectivity index is 0.00000484. The van der Waals surface area contributed by atoms with E-state index in [0.717, 1.165) is 44.4 Å². The average Bonchev–Trinajstić information content (AvgIpc) is 2.77. The van der Waals surface area contributed by atoms with E-state index in [-0.39, 0.29) is 24.0 Å². The van der Waals surface area contributed by atoms with Crippen LogP contribution in [0.4, 0.5) is 0 Å². The first-order valence-electron chi connectivity index (χ1n) is 9.28. The topological polar surface area (TPSA) is 45.7 Å². The maximum absolute atomic E-state index is 6.01. The van der Waals surface area contributed by atoms with Crippen LogP contribution < -0.4 is 10.6 Å². The van der Waals surface area contributed by atoms with Gasteiger partial charge < -0.3 is 15.4 Å². The third kappa shape index (κ3) is 13.0. The summed E-state index contributed by atoms with van der Waals surface area (Å²) in [4.78, 5) is 4.25. The lowest BCUT2D eigenvalue weighted by molar-refractivity contribution is 0.0411. The summed E-state index contributed by atoms with van der Waals surface area (Å²) in [6.45, 7) is 7.35. The molecule has 2 N–H and O–H groups in total. The molecule has 0 aromatic carbocycles. The summed E-state index contributed by atoms with van der Waals surface area (Å²) in [6.07, 6.45) is 12.0. The third-order valence-electron chi connectivity index (χ3n) is 4.26. The third-order valence-corrected chi connectivity index (χ3v) is 4.26. The van der Waals surface area contributed by atoms with Gasteiger partial charge in [0.1, 0.15) is 0 Å². The van der Waals surface area contributed by atoms with Crippen LogP contribution in [-0.2, 0) is 4.74 Å². The molecule has 1 aliphatic rings. The number of halogens is 1. The van der Waals surface area contributed by atoms with Gasteiger partial charge in [0.15, 0.2) is 5.96 Å². The zero-order chi connectivity index (χ0) is 16.0. The predicted octanol–water partition coefficient (Wildman–Crippen LogP) is 4.34. The van der Waals surface area contributed by atoms with Crippen LogP contribution in [0.15, 0.2) is 4.99 Å². The smallest absolute Gasteiger partial charge is 0.190 e. The van der Waals surface area contributed by atoms with Gasteiger partial charge in [-0.05, 0) is 38.0 Å². The van der Waals surface area contributed by atoms with Gasteiger partial charge in [-0.1, -0.05) is 39.5 Å². The van der Waals surface area contributed by atoms with Gasteiger partial charge in [0.05, 0.1) is 6.10 Å². The van der Waals surface area contributed by atoms with Gasteiger partial charge in [-0.2, -0.15) is 0 Å². The number of aliphatic imine (C=N–C) groups is 1. The predicted molar refractivity (Wildman–Crippen MR) is 111 cm³/mol. The molecule has 0 heterocycles. The number of ether oxygens (including phenoxy) is 1. The van der Waals surface area contributed by atoms with E-state index in [1.807, 2.05) is 7.05 Å². The second kappa shape index (κ2) is 15.5. The van der Waals surface area contributed by atoms with Gasteiger partial charge in [-0.15, -0.1) is 24.0 Å². The molecule has 0 atom stereocenters. The number of nitrogens with one attached hydrogen (secondary N) is 2. The standard InChI is InChI=1S/C18H37N3O.HI/c1-16(2)12-14-21-18(19-3)20-13-8-9-15-22-17-10-6-4-5-7-11-17;/h16-17H,4-15H2,1-3H3,(H2,19,20,21);1H. The molecule has 1 fully saturated rings. The summed E-state index contributed by atoms with van der Waals surface area (Å²) in [6, 6.07) is 0. The van der Waals surface area contributed by atoms with E-state index < -0.39 is 0 Å². The number of guanidine groups is 1. The lowest BCUT2D eigenvalue weighted by Crippen LogP contribution is -2.38. The quantitative estimate of drug-likeness (QED) is 0.185. The second-order valence-corrected chi connectivity index (χ2v) is 6.80. The van der Waals surface area contributed by atoms with Gasteiger partial charge in [0.25, 0.3) is 0 Å². The van der Waals surface area contributed by atoms with Gasteiger partial charge >= 0.3 is 0 Å². The summed E-state index contributed by atoms with van der Waals surface area (Å²) in [5, 5.41) is 6.73. The summed E-state index contributed by atoms with van der Waals surface area (Å²) >= 11 is 0. The Kier molecular flexibility index (Phi) is 15.5. The van der Waals surface area contributed by atoms with Crippen LogP contribution in [0.1, 0.15) is 71.6 Å². The average molecular weight is 439 g/mol. The van der Waals surface area contributed by atoms with E-state index in [4.69, 9.17) is 4.74 Å². The largest absolute Gasteiger partial charge is 0.378 e. The maximum atomic E-state index is 6.01. The van der Waals surface area contributed by atoms with E-state index in [1.165, 1.54) is 44.9 Å². The first kappa shape index (κ1) is 23.0. The van der Waals surface area contributed by atoms with Crippen LogP contribution >= 0.6 is 24.0 Å². The summed E-state index contributed by atoms with van der Waals surface area (Å²) in [5.41, 5.74) is 0. The van der Waals surface area contributed by atoms with Crippen molar-refractivity contribution < 1.29 is 4.74 Å². The van der Waals surface area contributed by atoms with Gasteiger partial charge in [-0.25, -0.2) is 0 Å². The van der Waals surface area contributed by atoms with E-state index in [1.54, 1.807) is 0 Å². The second-order valence-electron chi connectivity index (χ2n) is 6.80. The van der Waals surface area contributed by atoms with Crippen LogP contribution in [0.5, 0.6) is 0 Å². The monoisotopic (exact) mass is 439 g/mol. The highest BCUT2D eigenvalue weighted by molar-refractivity contribution is 14.0. The number of hydrogen-bond acceptors (Lipinski definition) is 2. The Morgan fingerprint density at radius 1 is 1.04 bits per heavy atom. The van der Waals surface area contributed by atoms with Gasteiger partial charge in [0.2, 0.25) is 0 Å². The maximum Gasteiger partial charge on any atom is 0.190 e. The van der Waals surface area contributed by atoms with Crippen LogP contribution in [0, 0.1) is 5.92 Å². The van der Waals surface area contributed by atoms with Crippen molar-refractivity contribution in [2.24, 2.45) is 10.9 Å². The molecule has 0 bridgehead atoms. The molecular formula is C18H38IN3O. The Bertz CT molecular complexity index is 290. The molecule has 5 heteroatoms. The Hall–Kier alpha value is -0.0400. The SMILES string of the molecule is CN=C(NCCCCOC1CCCCCC1)NCCC(C)C.I. The molecule has 0 unspecified atom stereocenters. The van der Waals surface area contributed by atoms with Crippen molar-refractivity contribution in [3.8, 4) is 0 Å². The molecule has 1 saturated carbocycles. The molecule has 0 aliphatic heterocycles.